The number of nitriles is 1. The minimum absolute atomic E-state index is 0.658. The van der Waals surface area contributed by atoms with Gasteiger partial charge in [-0.25, -0.2) is 9.97 Å². The SMILES string of the molecule is CCCN(Cc1ccc(C#N)cc1)c1ccc2nccnc2n1. The number of fused-ring (bicyclic) bond motifs is 1. The zero-order chi connectivity index (χ0) is 16.1. The number of rotatable bonds is 5. The summed E-state index contributed by atoms with van der Waals surface area (Å²) in [5.41, 5.74) is 3.28. The summed E-state index contributed by atoms with van der Waals surface area (Å²) in [7, 11) is 0. The average Bonchev–Trinajstić information content (AvgIpc) is 2.61. The average molecular weight is 303 g/mol. The summed E-state index contributed by atoms with van der Waals surface area (Å²) in [5, 5.41) is 8.89. The second kappa shape index (κ2) is 6.84. The van der Waals surface area contributed by atoms with Crippen molar-refractivity contribution in [3.8, 4) is 6.07 Å². The van der Waals surface area contributed by atoms with Gasteiger partial charge in [0.05, 0.1) is 11.6 Å². The first kappa shape index (κ1) is 14.9. The molecule has 0 saturated heterocycles. The summed E-state index contributed by atoms with van der Waals surface area (Å²) in [5.74, 6) is 0.893. The number of hydrogen-bond donors (Lipinski definition) is 0. The molecule has 0 unspecified atom stereocenters. The van der Waals surface area contributed by atoms with Gasteiger partial charge in [0, 0.05) is 25.5 Å². The lowest BCUT2D eigenvalue weighted by Gasteiger charge is -2.23. The van der Waals surface area contributed by atoms with Gasteiger partial charge in [0.2, 0.25) is 0 Å². The fourth-order valence-electron chi connectivity index (χ4n) is 2.47. The maximum absolute atomic E-state index is 8.89. The zero-order valence-corrected chi connectivity index (χ0v) is 13.0. The minimum atomic E-state index is 0.658. The van der Waals surface area contributed by atoms with Gasteiger partial charge in [0.25, 0.3) is 0 Å². The third kappa shape index (κ3) is 3.43. The Hall–Kier alpha value is -3.00. The van der Waals surface area contributed by atoms with Gasteiger partial charge in [-0.3, -0.25) is 4.98 Å². The lowest BCUT2D eigenvalue weighted by molar-refractivity contribution is 0.756. The Balaban J connectivity index is 1.88. The van der Waals surface area contributed by atoms with Gasteiger partial charge in [-0.1, -0.05) is 19.1 Å². The van der Waals surface area contributed by atoms with E-state index in [1.807, 2.05) is 36.4 Å². The number of pyridine rings is 1. The van der Waals surface area contributed by atoms with E-state index in [0.29, 0.717) is 11.2 Å². The molecule has 23 heavy (non-hydrogen) atoms. The summed E-state index contributed by atoms with van der Waals surface area (Å²) in [6.45, 7) is 3.80. The second-order valence-electron chi connectivity index (χ2n) is 5.30. The van der Waals surface area contributed by atoms with Gasteiger partial charge in [0.1, 0.15) is 11.3 Å². The van der Waals surface area contributed by atoms with Gasteiger partial charge in [-0.2, -0.15) is 5.26 Å². The highest BCUT2D eigenvalue weighted by Gasteiger charge is 2.10. The Morgan fingerprint density at radius 3 is 2.57 bits per heavy atom. The van der Waals surface area contributed by atoms with Crippen molar-refractivity contribution in [2.75, 3.05) is 11.4 Å². The standard InChI is InChI=1S/C18H17N5/c1-2-11-23(13-15-5-3-14(12-19)4-6-15)17-8-7-16-18(22-17)21-10-9-20-16/h3-10H,2,11,13H2,1H3. The van der Waals surface area contributed by atoms with Gasteiger partial charge >= 0.3 is 0 Å². The van der Waals surface area contributed by atoms with Crippen LogP contribution < -0.4 is 4.90 Å². The van der Waals surface area contributed by atoms with E-state index < -0.39 is 0 Å². The van der Waals surface area contributed by atoms with Crippen LogP contribution in [0.25, 0.3) is 11.2 Å². The first-order valence-electron chi connectivity index (χ1n) is 7.62. The highest BCUT2D eigenvalue weighted by Crippen LogP contribution is 2.18. The molecule has 0 atom stereocenters. The van der Waals surface area contributed by atoms with Gasteiger partial charge in [0.15, 0.2) is 5.65 Å². The number of hydrogen-bond acceptors (Lipinski definition) is 5. The highest BCUT2D eigenvalue weighted by molar-refractivity contribution is 5.71. The molecule has 114 valence electrons. The molecule has 3 aromatic rings. The molecule has 5 heteroatoms. The first-order valence-corrected chi connectivity index (χ1v) is 7.62. The number of anilines is 1. The van der Waals surface area contributed by atoms with E-state index in [1.165, 1.54) is 0 Å². The topological polar surface area (TPSA) is 65.7 Å². The molecule has 2 heterocycles. The largest absolute Gasteiger partial charge is 0.352 e. The Bertz CT molecular complexity index is 836. The summed E-state index contributed by atoms with van der Waals surface area (Å²) < 4.78 is 0. The summed E-state index contributed by atoms with van der Waals surface area (Å²) in [6.07, 6.45) is 4.35. The molecule has 0 amide bonds. The van der Waals surface area contributed by atoms with Gasteiger partial charge < -0.3 is 4.90 Å². The third-order valence-corrected chi connectivity index (χ3v) is 3.59. The number of benzene rings is 1. The smallest absolute Gasteiger partial charge is 0.180 e. The molecule has 0 N–H and O–H groups in total. The zero-order valence-electron chi connectivity index (χ0n) is 13.0. The van der Waals surface area contributed by atoms with Crippen molar-refractivity contribution in [1.29, 1.82) is 5.26 Å². The first-order chi connectivity index (χ1) is 11.3. The molecule has 2 aromatic heterocycles. The van der Waals surface area contributed by atoms with Crippen LogP contribution >= 0.6 is 0 Å². The van der Waals surface area contributed by atoms with Crippen molar-refractivity contribution in [1.82, 2.24) is 15.0 Å². The molecule has 0 aliphatic rings. The summed E-state index contributed by atoms with van der Waals surface area (Å²) >= 11 is 0. The predicted octanol–water partition coefficient (Wildman–Crippen LogP) is 3.31. The highest BCUT2D eigenvalue weighted by atomic mass is 15.2. The normalized spacial score (nSPS) is 10.4. The van der Waals surface area contributed by atoms with Crippen molar-refractivity contribution in [2.24, 2.45) is 0 Å². The van der Waals surface area contributed by atoms with Crippen LogP contribution in [0.15, 0.2) is 48.8 Å². The van der Waals surface area contributed by atoms with Gasteiger partial charge in [-0.05, 0) is 36.2 Å². The molecule has 0 aliphatic carbocycles. The van der Waals surface area contributed by atoms with E-state index in [-0.39, 0.29) is 0 Å². The number of aromatic nitrogens is 3. The molecule has 1 aromatic carbocycles. The van der Waals surface area contributed by atoms with Crippen molar-refractivity contribution < 1.29 is 0 Å². The molecule has 0 aliphatic heterocycles. The van der Waals surface area contributed by atoms with Crippen LogP contribution in [0.3, 0.4) is 0 Å². The molecule has 0 saturated carbocycles. The van der Waals surface area contributed by atoms with Crippen molar-refractivity contribution in [3.63, 3.8) is 0 Å². The van der Waals surface area contributed by atoms with Crippen LogP contribution in [-0.4, -0.2) is 21.5 Å². The lowest BCUT2D eigenvalue weighted by atomic mass is 10.1. The summed E-state index contributed by atoms with van der Waals surface area (Å²) in [4.78, 5) is 15.4. The van der Waals surface area contributed by atoms with Crippen LogP contribution in [0.4, 0.5) is 5.82 Å². The van der Waals surface area contributed by atoms with Crippen molar-refractivity contribution >= 4 is 17.0 Å². The Labute approximate surface area is 135 Å². The quantitative estimate of drug-likeness (QED) is 0.723. The minimum Gasteiger partial charge on any atom is -0.352 e. The van der Waals surface area contributed by atoms with Crippen LogP contribution in [-0.2, 0) is 6.54 Å². The number of nitrogens with zero attached hydrogens (tertiary/aromatic N) is 5. The molecular formula is C18H17N5. The van der Waals surface area contributed by atoms with Gasteiger partial charge in [-0.15, -0.1) is 0 Å². The van der Waals surface area contributed by atoms with E-state index in [2.05, 4.69) is 32.8 Å². The van der Waals surface area contributed by atoms with Crippen LogP contribution in [0, 0.1) is 11.3 Å². The van der Waals surface area contributed by atoms with E-state index >= 15 is 0 Å². The molecule has 5 nitrogen and oxygen atoms in total. The molecular weight excluding hydrogens is 286 g/mol. The molecule has 0 fully saturated rings. The fraction of sp³-hybridized carbons (Fsp3) is 0.222. The van der Waals surface area contributed by atoms with Crippen LogP contribution in [0.2, 0.25) is 0 Å². The Kier molecular flexibility index (Phi) is 4.44. The van der Waals surface area contributed by atoms with E-state index in [0.717, 1.165) is 36.4 Å². The summed E-state index contributed by atoms with van der Waals surface area (Å²) in [6, 6.07) is 13.7. The molecule has 0 bridgehead atoms. The van der Waals surface area contributed by atoms with E-state index in [9.17, 15) is 0 Å². The van der Waals surface area contributed by atoms with E-state index in [4.69, 9.17) is 5.26 Å². The predicted molar refractivity (Wildman–Crippen MR) is 89.8 cm³/mol. The Morgan fingerprint density at radius 2 is 1.83 bits per heavy atom. The third-order valence-electron chi connectivity index (χ3n) is 3.59. The van der Waals surface area contributed by atoms with Crippen LogP contribution in [0.1, 0.15) is 24.5 Å². The van der Waals surface area contributed by atoms with Crippen molar-refractivity contribution in [2.45, 2.75) is 19.9 Å². The second-order valence-corrected chi connectivity index (χ2v) is 5.30. The maximum Gasteiger partial charge on any atom is 0.180 e. The van der Waals surface area contributed by atoms with Crippen molar-refractivity contribution in [3.05, 3.63) is 59.9 Å². The lowest BCUT2D eigenvalue weighted by Crippen LogP contribution is -2.24. The molecule has 3 rings (SSSR count). The van der Waals surface area contributed by atoms with E-state index in [1.54, 1.807) is 12.4 Å². The maximum atomic E-state index is 8.89. The Morgan fingerprint density at radius 1 is 1.04 bits per heavy atom. The molecule has 0 radical (unpaired) electrons. The monoisotopic (exact) mass is 303 g/mol. The molecule has 0 spiro atoms. The van der Waals surface area contributed by atoms with Crippen LogP contribution in [0.5, 0.6) is 0 Å². The fourth-order valence-corrected chi connectivity index (χ4v) is 2.47.